The number of hydrogen-bond donors (Lipinski definition) is 2. The van der Waals surface area contributed by atoms with E-state index in [9.17, 15) is 14.4 Å². The molecule has 1 heterocycles. The van der Waals surface area contributed by atoms with Crippen LogP contribution in [0.25, 0.3) is 0 Å². The van der Waals surface area contributed by atoms with Crippen LogP contribution in [0.3, 0.4) is 0 Å². The third-order valence-electron chi connectivity index (χ3n) is 1.62. The first kappa shape index (κ1) is 8.70. The van der Waals surface area contributed by atoms with Gasteiger partial charge in [0.05, 0.1) is 0 Å². The van der Waals surface area contributed by atoms with Gasteiger partial charge in [-0.05, 0) is 0 Å². The van der Waals surface area contributed by atoms with E-state index in [0.29, 0.717) is 6.42 Å². The topological polar surface area (TPSA) is 83.5 Å². The zero-order valence-corrected chi connectivity index (χ0v) is 6.37. The largest absolute Gasteiger partial charge is 0.481 e. The van der Waals surface area contributed by atoms with Gasteiger partial charge in [-0.15, -0.1) is 0 Å². The molecule has 1 aliphatic heterocycles. The smallest absolute Gasteiger partial charge is 0.310 e. The zero-order chi connectivity index (χ0) is 9.14. The van der Waals surface area contributed by atoms with Gasteiger partial charge in [0.15, 0.2) is 0 Å². The molecule has 1 atom stereocenters. The number of aliphatic carboxylic acids is 1. The van der Waals surface area contributed by atoms with Crippen molar-refractivity contribution in [3.63, 3.8) is 0 Å². The Bertz CT molecular complexity index is 228. The number of carbonyl (C=O) groups is 3. The second-order valence-corrected chi connectivity index (χ2v) is 2.78. The van der Waals surface area contributed by atoms with Gasteiger partial charge in [-0.1, -0.05) is 0 Å². The van der Waals surface area contributed by atoms with Gasteiger partial charge in [-0.25, -0.2) is 0 Å². The minimum absolute atomic E-state index is 0.0804. The third-order valence-corrected chi connectivity index (χ3v) is 1.62. The van der Waals surface area contributed by atoms with E-state index in [0.717, 1.165) is 0 Å². The van der Waals surface area contributed by atoms with Crippen molar-refractivity contribution in [3.8, 4) is 0 Å². The van der Waals surface area contributed by atoms with Gasteiger partial charge >= 0.3 is 5.97 Å². The summed E-state index contributed by atoms with van der Waals surface area (Å²) in [4.78, 5) is 31.3. The third kappa shape index (κ3) is 2.34. The lowest BCUT2D eigenvalue weighted by molar-refractivity contribution is -0.140. The lowest BCUT2D eigenvalue weighted by Crippen LogP contribution is -2.49. The molecule has 12 heavy (non-hydrogen) atoms. The Kier molecular flexibility index (Phi) is 2.42. The van der Waals surface area contributed by atoms with Crippen molar-refractivity contribution in [1.29, 1.82) is 0 Å². The molecule has 1 saturated heterocycles. The number of amides is 1. The van der Waals surface area contributed by atoms with Crippen LogP contribution in [0.2, 0.25) is 0 Å². The Morgan fingerprint density at radius 2 is 2.17 bits per heavy atom. The first-order chi connectivity index (χ1) is 5.58. The van der Waals surface area contributed by atoms with E-state index in [1.807, 2.05) is 0 Å². The van der Waals surface area contributed by atoms with Crippen LogP contribution in [0.4, 0.5) is 0 Å². The normalized spacial score (nSPS) is 21.0. The van der Waals surface area contributed by atoms with Gasteiger partial charge in [0.1, 0.15) is 12.2 Å². The predicted molar refractivity (Wildman–Crippen MR) is 38.4 cm³/mol. The van der Waals surface area contributed by atoms with E-state index in [4.69, 9.17) is 5.11 Å². The molecule has 5 nitrogen and oxygen atoms in total. The zero-order valence-electron chi connectivity index (χ0n) is 6.37. The van der Waals surface area contributed by atoms with Crippen molar-refractivity contribution in [2.24, 2.45) is 0 Å². The molecule has 0 aromatic carbocycles. The van der Waals surface area contributed by atoms with E-state index in [1.54, 1.807) is 0 Å². The fourth-order valence-corrected chi connectivity index (χ4v) is 1.07. The average molecular weight is 171 g/mol. The van der Waals surface area contributed by atoms with Crippen LogP contribution in [-0.2, 0) is 14.4 Å². The highest BCUT2D eigenvalue weighted by atomic mass is 16.4. The Morgan fingerprint density at radius 1 is 1.58 bits per heavy atom. The monoisotopic (exact) mass is 171 g/mol. The van der Waals surface area contributed by atoms with Gasteiger partial charge in [0, 0.05) is 18.9 Å². The number of rotatable bonds is 4. The average Bonchev–Trinajstić information content (AvgIpc) is 1.82. The van der Waals surface area contributed by atoms with Crippen LogP contribution < -0.4 is 5.32 Å². The number of carboxylic acid groups (broad SMARTS) is 1. The fourth-order valence-electron chi connectivity index (χ4n) is 1.07. The molecule has 1 aliphatic rings. The molecule has 66 valence electrons. The summed E-state index contributed by atoms with van der Waals surface area (Å²) in [6.45, 7) is 0. The predicted octanol–water partition coefficient (Wildman–Crippen LogP) is -0.691. The summed E-state index contributed by atoms with van der Waals surface area (Å²) in [5.74, 6) is -1.54. The van der Waals surface area contributed by atoms with Crippen LogP contribution in [0.5, 0.6) is 0 Å². The van der Waals surface area contributed by atoms with Gasteiger partial charge in [0.2, 0.25) is 5.91 Å². The van der Waals surface area contributed by atoms with Crippen LogP contribution in [0.15, 0.2) is 0 Å². The molecular formula is C7H9NO4. The van der Waals surface area contributed by atoms with Crippen molar-refractivity contribution in [2.45, 2.75) is 25.3 Å². The Hall–Kier alpha value is -1.39. The molecule has 1 fully saturated rings. The van der Waals surface area contributed by atoms with Gasteiger partial charge in [-0.3, -0.25) is 14.4 Å². The Labute approximate surface area is 68.8 Å². The summed E-state index contributed by atoms with van der Waals surface area (Å²) in [5.41, 5.74) is 0. The summed E-state index contributed by atoms with van der Waals surface area (Å²) in [6.07, 6.45) is 0.0236. The molecule has 2 N–H and O–H groups in total. The van der Waals surface area contributed by atoms with Crippen molar-refractivity contribution >= 4 is 17.7 Å². The van der Waals surface area contributed by atoms with E-state index in [-0.39, 0.29) is 24.2 Å². The number of nitrogens with one attached hydrogen (secondary N) is 1. The highest BCUT2D eigenvalue weighted by molar-refractivity contribution is 5.96. The van der Waals surface area contributed by atoms with Crippen LogP contribution in [-0.4, -0.2) is 28.8 Å². The fraction of sp³-hybridized carbons (Fsp3) is 0.571. The second kappa shape index (κ2) is 3.34. The molecule has 5 heteroatoms. The van der Waals surface area contributed by atoms with Crippen molar-refractivity contribution in [1.82, 2.24) is 5.32 Å². The lowest BCUT2D eigenvalue weighted by Gasteiger charge is -2.25. The van der Waals surface area contributed by atoms with E-state index >= 15 is 0 Å². The summed E-state index contributed by atoms with van der Waals surface area (Å²) in [7, 11) is 0. The molecule has 0 aromatic heterocycles. The Morgan fingerprint density at radius 3 is 2.58 bits per heavy atom. The summed E-state index contributed by atoms with van der Waals surface area (Å²) in [6, 6.07) is -0.135. The maximum Gasteiger partial charge on any atom is 0.310 e. The van der Waals surface area contributed by atoms with Gasteiger partial charge in [0.25, 0.3) is 0 Å². The second-order valence-electron chi connectivity index (χ2n) is 2.78. The SMILES string of the molecule is O=C(O)CC(=O)CC1CC(=O)N1. The number of carboxylic acids is 1. The standard InChI is InChI=1S/C7H9NO4/c9-5(3-7(11)12)1-4-2-6(10)8-4/h4H,1-3H2,(H,8,10)(H,11,12). The number of Topliss-reactive ketones (excluding diaryl/α,β-unsaturated/α-hetero) is 1. The van der Waals surface area contributed by atoms with Crippen LogP contribution in [0.1, 0.15) is 19.3 Å². The summed E-state index contributed by atoms with van der Waals surface area (Å²) < 4.78 is 0. The Balaban J connectivity index is 2.19. The molecule has 0 spiro atoms. The lowest BCUT2D eigenvalue weighted by atomic mass is 9.99. The summed E-state index contributed by atoms with van der Waals surface area (Å²) in [5, 5.41) is 10.7. The molecule has 0 bridgehead atoms. The molecular weight excluding hydrogens is 162 g/mol. The maximum atomic E-state index is 10.8. The molecule has 1 rings (SSSR count). The van der Waals surface area contributed by atoms with Gasteiger partial charge in [-0.2, -0.15) is 0 Å². The van der Waals surface area contributed by atoms with Crippen molar-refractivity contribution < 1.29 is 19.5 Å². The molecule has 0 saturated carbocycles. The van der Waals surface area contributed by atoms with Crippen molar-refractivity contribution in [3.05, 3.63) is 0 Å². The van der Waals surface area contributed by atoms with Crippen LogP contribution >= 0.6 is 0 Å². The molecule has 1 amide bonds. The molecule has 0 aromatic rings. The summed E-state index contributed by atoms with van der Waals surface area (Å²) >= 11 is 0. The van der Waals surface area contributed by atoms with E-state index in [2.05, 4.69) is 5.32 Å². The maximum absolute atomic E-state index is 10.8. The molecule has 1 unspecified atom stereocenters. The van der Waals surface area contributed by atoms with Crippen LogP contribution in [0, 0.1) is 0 Å². The highest BCUT2D eigenvalue weighted by Crippen LogP contribution is 2.09. The number of hydrogen-bond acceptors (Lipinski definition) is 3. The highest BCUT2D eigenvalue weighted by Gasteiger charge is 2.27. The minimum atomic E-state index is -1.12. The first-order valence-corrected chi connectivity index (χ1v) is 3.61. The van der Waals surface area contributed by atoms with E-state index < -0.39 is 12.4 Å². The van der Waals surface area contributed by atoms with Gasteiger partial charge < -0.3 is 10.4 Å². The minimum Gasteiger partial charge on any atom is -0.481 e. The molecule has 0 radical (unpaired) electrons. The number of ketones is 1. The van der Waals surface area contributed by atoms with E-state index in [1.165, 1.54) is 0 Å². The quantitative estimate of drug-likeness (QED) is 0.433. The van der Waals surface area contributed by atoms with Crippen molar-refractivity contribution in [2.75, 3.05) is 0 Å². The number of β-lactam (4-membered cyclic amide) rings is 1. The number of carbonyl (C=O) groups excluding carboxylic acids is 2. The first-order valence-electron chi connectivity index (χ1n) is 3.61. The molecule has 0 aliphatic carbocycles.